The maximum atomic E-state index is 12.0. The summed E-state index contributed by atoms with van der Waals surface area (Å²) in [6.07, 6.45) is 1.07. The van der Waals surface area contributed by atoms with E-state index in [1.807, 2.05) is 39.0 Å². The number of carbonyl (C=O) groups is 2. The van der Waals surface area contributed by atoms with Crippen LogP contribution in [0, 0.1) is 5.92 Å². The third kappa shape index (κ3) is 4.45. The minimum atomic E-state index is -0.481. The Balaban J connectivity index is 0.00000242. The lowest BCUT2D eigenvalue weighted by molar-refractivity contribution is -0.123. The van der Waals surface area contributed by atoms with E-state index < -0.39 is 6.04 Å². The number of hydrogen-bond acceptors (Lipinski definition) is 3. The van der Waals surface area contributed by atoms with Crippen LogP contribution in [0.3, 0.4) is 0 Å². The summed E-state index contributed by atoms with van der Waals surface area (Å²) in [5.41, 5.74) is 8.70. The predicted molar refractivity (Wildman–Crippen MR) is 90.0 cm³/mol. The van der Waals surface area contributed by atoms with E-state index in [0.717, 1.165) is 16.8 Å². The van der Waals surface area contributed by atoms with Crippen molar-refractivity contribution in [3.05, 3.63) is 29.3 Å². The van der Waals surface area contributed by atoms with Crippen LogP contribution in [0.1, 0.15) is 44.4 Å². The topological polar surface area (TPSA) is 84.2 Å². The Kier molecular flexibility index (Phi) is 6.38. The molecule has 0 aliphatic carbocycles. The molecule has 2 amide bonds. The summed E-state index contributed by atoms with van der Waals surface area (Å²) in [6, 6.07) is 5.16. The van der Waals surface area contributed by atoms with Crippen molar-refractivity contribution in [3.63, 3.8) is 0 Å². The monoisotopic (exact) mass is 325 g/mol. The van der Waals surface area contributed by atoms with E-state index in [-0.39, 0.29) is 30.3 Å². The Bertz CT molecular complexity index is 560. The Hall–Kier alpha value is -1.59. The number of anilines is 1. The fourth-order valence-corrected chi connectivity index (χ4v) is 2.54. The van der Waals surface area contributed by atoms with E-state index in [9.17, 15) is 9.59 Å². The summed E-state index contributed by atoms with van der Waals surface area (Å²) >= 11 is 0. The van der Waals surface area contributed by atoms with Gasteiger partial charge in [-0.1, -0.05) is 26.0 Å². The van der Waals surface area contributed by atoms with Gasteiger partial charge < -0.3 is 16.4 Å². The first-order valence-corrected chi connectivity index (χ1v) is 7.35. The molecule has 2 rings (SSSR count). The third-order valence-corrected chi connectivity index (χ3v) is 3.68. The molecule has 0 saturated heterocycles. The molecule has 5 nitrogen and oxygen atoms in total. The Morgan fingerprint density at radius 3 is 2.68 bits per heavy atom. The first-order valence-electron chi connectivity index (χ1n) is 7.35. The zero-order valence-electron chi connectivity index (χ0n) is 13.2. The Labute approximate surface area is 137 Å². The largest absolute Gasteiger partial charge is 0.348 e. The number of fused-ring (bicyclic) bond motifs is 1. The number of nitrogens with one attached hydrogen (secondary N) is 2. The van der Waals surface area contributed by atoms with Gasteiger partial charge in [-0.3, -0.25) is 9.59 Å². The molecule has 1 aliphatic heterocycles. The first kappa shape index (κ1) is 18.5. The fraction of sp³-hybridized carbons (Fsp3) is 0.500. The van der Waals surface area contributed by atoms with Crippen LogP contribution in [0.5, 0.6) is 0 Å². The quantitative estimate of drug-likeness (QED) is 0.775. The maximum absolute atomic E-state index is 12.0. The fourth-order valence-electron chi connectivity index (χ4n) is 2.54. The summed E-state index contributed by atoms with van der Waals surface area (Å²) in [7, 11) is 0. The minimum Gasteiger partial charge on any atom is -0.348 e. The normalized spacial score (nSPS) is 15.6. The second-order valence-electron chi connectivity index (χ2n) is 6.11. The van der Waals surface area contributed by atoms with Crippen molar-refractivity contribution in [2.45, 2.75) is 45.7 Å². The van der Waals surface area contributed by atoms with E-state index in [4.69, 9.17) is 5.73 Å². The molecule has 0 saturated carbocycles. The second-order valence-corrected chi connectivity index (χ2v) is 6.11. The standard InChI is InChI=1S/C16H23N3O2.ClH/c1-9(2)6-13(17)16(21)18-10(3)11-4-5-14-12(7-11)8-15(20)19-14;/h4-5,7,9-10,13H,6,8,17H2,1-3H3,(H,18,21)(H,19,20);1H/t10?,13-;/m0./s1. The molecular weight excluding hydrogens is 302 g/mol. The molecule has 122 valence electrons. The smallest absolute Gasteiger partial charge is 0.237 e. The minimum absolute atomic E-state index is 0. The van der Waals surface area contributed by atoms with E-state index in [1.165, 1.54) is 0 Å². The van der Waals surface area contributed by atoms with Gasteiger partial charge in [-0.15, -0.1) is 12.4 Å². The van der Waals surface area contributed by atoms with E-state index >= 15 is 0 Å². The average molecular weight is 326 g/mol. The van der Waals surface area contributed by atoms with Crippen LogP contribution in [-0.2, 0) is 16.0 Å². The van der Waals surface area contributed by atoms with Crippen molar-refractivity contribution < 1.29 is 9.59 Å². The van der Waals surface area contributed by atoms with Crippen molar-refractivity contribution in [2.75, 3.05) is 5.32 Å². The highest BCUT2D eigenvalue weighted by Crippen LogP contribution is 2.26. The summed E-state index contributed by atoms with van der Waals surface area (Å²) in [4.78, 5) is 23.4. The van der Waals surface area contributed by atoms with Gasteiger partial charge >= 0.3 is 0 Å². The van der Waals surface area contributed by atoms with E-state index in [0.29, 0.717) is 18.8 Å². The molecule has 0 aromatic heterocycles. The van der Waals surface area contributed by atoms with Crippen LogP contribution in [0.2, 0.25) is 0 Å². The van der Waals surface area contributed by atoms with Crippen LogP contribution in [0.4, 0.5) is 5.69 Å². The van der Waals surface area contributed by atoms with Crippen LogP contribution in [-0.4, -0.2) is 17.9 Å². The first-order chi connectivity index (χ1) is 9.86. The molecule has 0 fully saturated rings. The maximum Gasteiger partial charge on any atom is 0.237 e. The number of hydrogen-bond donors (Lipinski definition) is 3. The second kappa shape index (κ2) is 7.61. The SMILES string of the molecule is CC(C)C[C@H](N)C(=O)NC(C)c1ccc2c(c1)CC(=O)N2.Cl. The molecule has 1 aromatic rings. The molecule has 22 heavy (non-hydrogen) atoms. The Morgan fingerprint density at radius 1 is 1.36 bits per heavy atom. The van der Waals surface area contributed by atoms with Gasteiger partial charge in [0.25, 0.3) is 0 Å². The third-order valence-electron chi connectivity index (χ3n) is 3.68. The lowest BCUT2D eigenvalue weighted by Crippen LogP contribution is -2.42. The van der Waals surface area contributed by atoms with Gasteiger partial charge in [-0.25, -0.2) is 0 Å². The summed E-state index contributed by atoms with van der Waals surface area (Å²) in [5.74, 6) is 0.266. The molecule has 0 bridgehead atoms. The van der Waals surface area contributed by atoms with Crippen molar-refractivity contribution >= 4 is 29.9 Å². The molecule has 0 spiro atoms. The van der Waals surface area contributed by atoms with Gasteiger partial charge in [-0.2, -0.15) is 0 Å². The lowest BCUT2D eigenvalue weighted by Gasteiger charge is -2.19. The highest BCUT2D eigenvalue weighted by atomic mass is 35.5. The number of nitrogens with two attached hydrogens (primary N) is 1. The van der Waals surface area contributed by atoms with Gasteiger partial charge in [0, 0.05) is 5.69 Å². The lowest BCUT2D eigenvalue weighted by atomic mass is 10.0. The summed E-state index contributed by atoms with van der Waals surface area (Å²) in [5, 5.41) is 5.73. The molecule has 1 aromatic carbocycles. The summed E-state index contributed by atoms with van der Waals surface area (Å²) < 4.78 is 0. The Morgan fingerprint density at radius 2 is 2.05 bits per heavy atom. The molecule has 6 heteroatoms. The van der Waals surface area contributed by atoms with Crippen molar-refractivity contribution in [1.29, 1.82) is 0 Å². The number of benzene rings is 1. The molecule has 1 aliphatic rings. The molecular formula is C16H24ClN3O2. The predicted octanol–water partition coefficient (Wildman–Crippen LogP) is 2.15. The van der Waals surface area contributed by atoms with Crippen molar-refractivity contribution in [2.24, 2.45) is 11.7 Å². The molecule has 2 atom stereocenters. The number of amides is 2. The molecule has 1 unspecified atom stereocenters. The number of rotatable bonds is 5. The van der Waals surface area contributed by atoms with Crippen LogP contribution in [0.25, 0.3) is 0 Å². The number of halogens is 1. The highest BCUT2D eigenvalue weighted by Gasteiger charge is 2.21. The van der Waals surface area contributed by atoms with Gasteiger partial charge in [-0.05, 0) is 36.5 Å². The molecule has 1 heterocycles. The average Bonchev–Trinajstić information content (AvgIpc) is 2.76. The molecule has 0 radical (unpaired) electrons. The van der Waals surface area contributed by atoms with E-state index in [2.05, 4.69) is 10.6 Å². The van der Waals surface area contributed by atoms with Gasteiger partial charge in [0.05, 0.1) is 18.5 Å². The van der Waals surface area contributed by atoms with Gasteiger partial charge in [0.1, 0.15) is 0 Å². The van der Waals surface area contributed by atoms with E-state index in [1.54, 1.807) is 0 Å². The van der Waals surface area contributed by atoms with Crippen LogP contribution in [0.15, 0.2) is 18.2 Å². The van der Waals surface area contributed by atoms with Crippen LogP contribution >= 0.6 is 12.4 Å². The van der Waals surface area contributed by atoms with Crippen LogP contribution < -0.4 is 16.4 Å². The van der Waals surface area contributed by atoms with Crippen molar-refractivity contribution in [1.82, 2.24) is 5.32 Å². The summed E-state index contributed by atoms with van der Waals surface area (Å²) in [6.45, 7) is 6.01. The zero-order chi connectivity index (χ0) is 15.6. The highest BCUT2D eigenvalue weighted by molar-refractivity contribution is 5.99. The van der Waals surface area contributed by atoms with Crippen molar-refractivity contribution in [3.8, 4) is 0 Å². The molecule has 4 N–H and O–H groups in total. The number of carbonyl (C=O) groups excluding carboxylic acids is 2. The van der Waals surface area contributed by atoms with Gasteiger partial charge in [0.2, 0.25) is 11.8 Å². The van der Waals surface area contributed by atoms with Gasteiger partial charge in [0.15, 0.2) is 0 Å². The zero-order valence-corrected chi connectivity index (χ0v) is 14.0.